The zero-order chi connectivity index (χ0) is 44.5. The molecule has 2 aromatic heterocycles. The second-order valence-electron chi connectivity index (χ2n) is 16.8. The van der Waals surface area contributed by atoms with Gasteiger partial charge in [-0.05, 0) is 79.4 Å². The highest BCUT2D eigenvalue weighted by molar-refractivity contribution is 6.15. The Hall–Kier alpha value is -8.99. The van der Waals surface area contributed by atoms with Crippen LogP contribution in [-0.4, -0.2) is 15.0 Å². The Kier molecular flexibility index (Phi) is 10.2. The lowest BCUT2D eigenvalue weighted by atomic mass is 9.98. The largest absolute Gasteiger partial charge is 0.455 e. The molecule has 0 atom stereocenters. The summed E-state index contributed by atoms with van der Waals surface area (Å²) in [5.41, 5.74) is 18.0. The molecular formula is C63H41N3O. The van der Waals surface area contributed by atoms with Crippen LogP contribution in [0.5, 0.6) is 0 Å². The van der Waals surface area contributed by atoms with E-state index in [0.29, 0.717) is 17.5 Å². The van der Waals surface area contributed by atoms with Gasteiger partial charge >= 0.3 is 0 Å². The third-order valence-corrected chi connectivity index (χ3v) is 12.6. The molecule has 2 heterocycles. The highest BCUT2D eigenvalue weighted by Crippen LogP contribution is 2.41. The number of hydrogen-bond donors (Lipinski definition) is 0. The van der Waals surface area contributed by atoms with E-state index in [4.69, 9.17) is 19.4 Å². The number of nitrogens with zero attached hydrogens (tertiary/aromatic N) is 3. The Morgan fingerprint density at radius 1 is 0.239 bits per heavy atom. The van der Waals surface area contributed by atoms with Gasteiger partial charge in [-0.3, -0.25) is 0 Å². The van der Waals surface area contributed by atoms with E-state index >= 15 is 0 Å². The van der Waals surface area contributed by atoms with Crippen LogP contribution in [0.15, 0.2) is 253 Å². The fraction of sp³-hybridized carbons (Fsp3) is 0. The second kappa shape index (κ2) is 17.2. The van der Waals surface area contributed by atoms with Gasteiger partial charge in [0, 0.05) is 33.0 Å². The minimum atomic E-state index is 0.574. The number of benzene rings is 10. The van der Waals surface area contributed by atoms with Crippen molar-refractivity contribution in [3.05, 3.63) is 249 Å². The predicted molar refractivity (Wildman–Crippen MR) is 276 cm³/mol. The van der Waals surface area contributed by atoms with Crippen molar-refractivity contribution < 1.29 is 4.42 Å². The molecule has 0 N–H and O–H groups in total. The number of furan rings is 1. The van der Waals surface area contributed by atoms with E-state index in [9.17, 15) is 0 Å². The zero-order valence-corrected chi connectivity index (χ0v) is 36.4. The van der Waals surface area contributed by atoms with Gasteiger partial charge in [0.05, 0.1) is 0 Å². The third kappa shape index (κ3) is 7.77. The van der Waals surface area contributed by atoms with Crippen molar-refractivity contribution in [3.63, 3.8) is 0 Å². The molecule has 0 amide bonds. The molecular weight excluding hydrogens is 815 g/mol. The molecule has 0 saturated carbocycles. The van der Waals surface area contributed by atoms with Gasteiger partial charge in [-0.25, -0.2) is 15.0 Å². The fourth-order valence-electron chi connectivity index (χ4n) is 9.13. The summed E-state index contributed by atoms with van der Waals surface area (Å²) in [5, 5.41) is 1.97. The van der Waals surface area contributed by atoms with Gasteiger partial charge in [0.25, 0.3) is 0 Å². The van der Waals surface area contributed by atoms with Crippen molar-refractivity contribution in [1.82, 2.24) is 15.0 Å². The highest BCUT2D eigenvalue weighted by Gasteiger charge is 2.20. The van der Waals surface area contributed by atoms with Crippen molar-refractivity contribution in [3.8, 4) is 101 Å². The molecule has 0 saturated heterocycles. The van der Waals surface area contributed by atoms with Crippen LogP contribution in [-0.2, 0) is 0 Å². The van der Waals surface area contributed by atoms with Gasteiger partial charge in [-0.2, -0.15) is 0 Å². The van der Waals surface area contributed by atoms with E-state index in [0.717, 1.165) is 72.0 Å². The van der Waals surface area contributed by atoms with Gasteiger partial charge in [0.15, 0.2) is 17.5 Å². The Morgan fingerprint density at radius 2 is 0.582 bits per heavy atom. The molecule has 0 aliphatic heterocycles. The lowest BCUT2D eigenvalue weighted by Gasteiger charge is -2.11. The van der Waals surface area contributed by atoms with E-state index in [2.05, 4.69) is 218 Å². The summed E-state index contributed by atoms with van der Waals surface area (Å²) in [5.74, 6) is 1.76. The Labute approximate surface area is 389 Å². The number of fused-ring (bicyclic) bond motifs is 3. The quantitative estimate of drug-likeness (QED) is 0.145. The maximum absolute atomic E-state index is 6.76. The molecule has 0 unspecified atom stereocenters. The molecule has 67 heavy (non-hydrogen) atoms. The van der Waals surface area contributed by atoms with Crippen LogP contribution >= 0.6 is 0 Å². The second-order valence-corrected chi connectivity index (χ2v) is 16.8. The average molecular weight is 856 g/mol. The minimum absolute atomic E-state index is 0.574. The van der Waals surface area contributed by atoms with Crippen molar-refractivity contribution >= 4 is 21.9 Å². The summed E-state index contributed by atoms with van der Waals surface area (Å²) in [6, 6.07) is 87.0. The molecule has 0 radical (unpaired) electrons. The topological polar surface area (TPSA) is 51.8 Å². The van der Waals surface area contributed by atoms with E-state index in [1.54, 1.807) is 0 Å². The van der Waals surface area contributed by atoms with Crippen molar-refractivity contribution in [1.29, 1.82) is 0 Å². The zero-order valence-electron chi connectivity index (χ0n) is 36.4. The molecule has 12 rings (SSSR count). The molecule has 0 aliphatic rings. The molecule has 0 bridgehead atoms. The summed E-state index contributed by atoms with van der Waals surface area (Å²) in [6.07, 6.45) is 0. The monoisotopic (exact) mass is 855 g/mol. The van der Waals surface area contributed by atoms with Crippen molar-refractivity contribution in [2.24, 2.45) is 0 Å². The average Bonchev–Trinajstić information content (AvgIpc) is 3.81. The lowest BCUT2D eigenvalue weighted by Crippen LogP contribution is -2.00. The highest BCUT2D eigenvalue weighted by atomic mass is 16.3. The van der Waals surface area contributed by atoms with Crippen molar-refractivity contribution in [2.45, 2.75) is 0 Å². The molecule has 4 heteroatoms. The lowest BCUT2D eigenvalue weighted by molar-refractivity contribution is 0.670. The summed E-state index contributed by atoms with van der Waals surface area (Å²) in [7, 11) is 0. The molecule has 4 nitrogen and oxygen atoms in total. The summed E-state index contributed by atoms with van der Waals surface area (Å²) in [6.45, 7) is 0. The first-order valence-corrected chi connectivity index (χ1v) is 22.6. The van der Waals surface area contributed by atoms with E-state index < -0.39 is 0 Å². The molecule has 0 aliphatic carbocycles. The predicted octanol–water partition coefficient (Wildman–Crippen LogP) is 16.8. The van der Waals surface area contributed by atoms with Gasteiger partial charge < -0.3 is 4.42 Å². The van der Waals surface area contributed by atoms with Crippen LogP contribution in [0.4, 0.5) is 0 Å². The summed E-state index contributed by atoms with van der Waals surface area (Å²) in [4.78, 5) is 15.7. The van der Waals surface area contributed by atoms with Gasteiger partial charge in [-0.15, -0.1) is 0 Å². The maximum atomic E-state index is 6.76. The molecule has 0 spiro atoms. The van der Waals surface area contributed by atoms with Crippen LogP contribution in [0.25, 0.3) is 123 Å². The number of hydrogen-bond acceptors (Lipinski definition) is 4. The maximum Gasteiger partial charge on any atom is 0.164 e. The van der Waals surface area contributed by atoms with E-state index in [-0.39, 0.29) is 0 Å². The van der Waals surface area contributed by atoms with Gasteiger partial charge in [0.1, 0.15) is 11.2 Å². The number of aromatic nitrogens is 3. The Morgan fingerprint density at radius 3 is 1.07 bits per heavy atom. The normalized spacial score (nSPS) is 11.3. The molecule has 12 aromatic rings. The van der Waals surface area contributed by atoms with Crippen LogP contribution < -0.4 is 0 Å². The number of rotatable bonds is 9. The number of para-hydroxylation sites is 1. The van der Waals surface area contributed by atoms with E-state index in [1.807, 2.05) is 30.3 Å². The fourth-order valence-corrected chi connectivity index (χ4v) is 9.13. The smallest absolute Gasteiger partial charge is 0.164 e. The van der Waals surface area contributed by atoms with Gasteiger partial charge in [-0.1, -0.05) is 231 Å². The summed E-state index contributed by atoms with van der Waals surface area (Å²) >= 11 is 0. The third-order valence-electron chi connectivity index (χ3n) is 12.6. The first-order valence-electron chi connectivity index (χ1n) is 22.6. The van der Waals surface area contributed by atoms with Crippen LogP contribution in [0.3, 0.4) is 0 Å². The first kappa shape index (κ1) is 39.6. The molecule has 0 fully saturated rings. The summed E-state index contributed by atoms with van der Waals surface area (Å²) < 4.78 is 6.76. The van der Waals surface area contributed by atoms with E-state index in [1.165, 1.54) is 33.4 Å². The first-order chi connectivity index (χ1) is 33.2. The van der Waals surface area contributed by atoms with Crippen LogP contribution in [0.1, 0.15) is 0 Å². The Balaban J connectivity index is 0.955. The van der Waals surface area contributed by atoms with Crippen LogP contribution in [0, 0.1) is 0 Å². The molecule has 314 valence electrons. The van der Waals surface area contributed by atoms with Gasteiger partial charge in [0.2, 0.25) is 0 Å². The standard InChI is InChI=1S/C63H41N3O/c1-4-14-42(15-5-1)45-28-34-48(35-29-45)55-24-12-25-56-59-57(26-13-27-58(59)67-60(55)56)63-65-61(49-36-30-46(31-37-49)53-22-10-20-51(40-53)43-16-6-2-7-17-43)64-62(66-63)50-38-32-47(33-39-50)54-23-11-21-52(41-54)44-18-8-3-9-19-44/h1-41H. The SMILES string of the molecule is c1ccc(-c2ccc(-c3cccc4c3oc3cccc(-c5nc(-c6ccc(-c7cccc(-c8ccccc8)c7)cc6)nc(-c6ccc(-c7cccc(-c8ccccc8)c7)cc6)n5)c34)cc2)cc1. The Bertz CT molecular complexity index is 3550. The van der Waals surface area contributed by atoms with Crippen molar-refractivity contribution in [2.75, 3.05) is 0 Å². The van der Waals surface area contributed by atoms with Crippen LogP contribution in [0.2, 0.25) is 0 Å². The molecule has 10 aromatic carbocycles. The minimum Gasteiger partial charge on any atom is -0.455 e.